The van der Waals surface area contributed by atoms with Crippen molar-refractivity contribution >= 4 is 67.8 Å². The zero-order valence-corrected chi connectivity index (χ0v) is 25.5. The first-order chi connectivity index (χ1) is 15.7. The van der Waals surface area contributed by atoms with E-state index in [0.29, 0.717) is 6.61 Å². The summed E-state index contributed by atoms with van der Waals surface area (Å²) >= 11 is 7.04. The fourth-order valence-electron chi connectivity index (χ4n) is 4.16. The first-order valence-electron chi connectivity index (χ1n) is 10.4. The number of ether oxygens (including phenoxy) is 6. The average molecular weight is 796 g/mol. The predicted molar refractivity (Wildman–Crippen MR) is 147 cm³/mol. The van der Waals surface area contributed by atoms with E-state index in [-0.39, 0.29) is 10.0 Å². The zero-order chi connectivity index (χ0) is 24.0. The van der Waals surface area contributed by atoms with Crippen molar-refractivity contribution in [3.8, 4) is 5.75 Å². The third-order valence-electron chi connectivity index (χ3n) is 6.40. The molecule has 0 unspecified atom stereocenters. The van der Waals surface area contributed by atoms with E-state index in [1.165, 1.54) is 0 Å². The van der Waals surface area contributed by atoms with Crippen LogP contribution in [0.2, 0.25) is 0 Å². The van der Waals surface area contributed by atoms with Crippen LogP contribution >= 0.6 is 67.8 Å². The molecule has 2 aliphatic rings. The maximum atomic E-state index is 6.65. The maximum absolute atomic E-state index is 6.65. The Morgan fingerprint density at radius 2 is 1.64 bits per heavy atom. The Morgan fingerprint density at radius 1 is 1.03 bits per heavy atom. The van der Waals surface area contributed by atoms with Crippen molar-refractivity contribution < 1.29 is 28.4 Å². The summed E-state index contributed by atoms with van der Waals surface area (Å²) < 4.78 is 40.9. The summed E-state index contributed by atoms with van der Waals surface area (Å²) in [6.45, 7) is 4.79. The summed E-state index contributed by atoms with van der Waals surface area (Å²) in [4.78, 5) is 4.87. The minimum absolute atomic E-state index is 0.0929. The third kappa shape index (κ3) is 4.81. The molecule has 0 saturated carbocycles. The van der Waals surface area contributed by atoms with Gasteiger partial charge in [0.15, 0.2) is 0 Å². The molecule has 2 aromatic rings. The standard InChI is InChI=1S/C22H27I3N2O6/c1-21(29-4)22(2,30-5)33-16-15(32-21)14(23)10-27-19(25)18(24)26-20(27)17(16)31-11-12-6-8-13(28-3)9-7-12/h6-9,14-17H,10-11H2,1-5H3/t14-,15+,16-,17-,21-,22-/m0/s1. The van der Waals surface area contributed by atoms with Gasteiger partial charge in [-0.25, -0.2) is 4.98 Å². The van der Waals surface area contributed by atoms with Crippen molar-refractivity contribution in [2.75, 3.05) is 21.3 Å². The van der Waals surface area contributed by atoms with Crippen molar-refractivity contribution in [1.82, 2.24) is 9.55 Å². The molecule has 1 aromatic carbocycles. The highest BCUT2D eigenvalue weighted by atomic mass is 127. The van der Waals surface area contributed by atoms with Crippen molar-refractivity contribution in [2.24, 2.45) is 0 Å². The van der Waals surface area contributed by atoms with Crippen LogP contribution in [0, 0.1) is 7.40 Å². The zero-order valence-electron chi connectivity index (χ0n) is 19.0. The maximum Gasteiger partial charge on any atom is 0.220 e. The molecule has 4 rings (SSSR count). The number of hydrogen-bond acceptors (Lipinski definition) is 7. The molecule has 182 valence electrons. The Morgan fingerprint density at radius 3 is 2.21 bits per heavy atom. The molecule has 3 heterocycles. The molecular weight excluding hydrogens is 769 g/mol. The van der Waals surface area contributed by atoms with Gasteiger partial charge in [0.05, 0.1) is 17.6 Å². The second kappa shape index (κ2) is 10.3. The molecule has 0 N–H and O–H groups in total. The summed E-state index contributed by atoms with van der Waals surface area (Å²) in [5.41, 5.74) is 1.03. The summed E-state index contributed by atoms with van der Waals surface area (Å²) in [5, 5.41) is 0. The molecule has 6 atom stereocenters. The van der Waals surface area contributed by atoms with Crippen molar-refractivity contribution in [3.63, 3.8) is 0 Å². The number of hydrogen-bond donors (Lipinski definition) is 0. The highest BCUT2D eigenvalue weighted by Gasteiger charge is 2.60. The Kier molecular flexibility index (Phi) is 8.20. The van der Waals surface area contributed by atoms with Crippen molar-refractivity contribution in [1.29, 1.82) is 0 Å². The van der Waals surface area contributed by atoms with Gasteiger partial charge in [-0.1, -0.05) is 34.7 Å². The minimum atomic E-state index is -1.14. The number of aromatic nitrogens is 2. The lowest BCUT2D eigenvalue weighted by Crippen LogP contribution is -2.67. The lowest BCUT2D eigenvalue weighted by molar-refractivity contribution is -0.454. The average Bonchev–Trinajstić information content (AvgIpc) is 3.03. The monoisotopic (exact) mass is 796 g/mol. The van der Waals surface area contributed by atoms with Crippen LogP contribution < -0.4 is 4.74 Å². The van der Waals surface area contributed by atoms with E-state index in [0.717, 1.165) is 31.1 Å². The lowest BCUT2D eigenvalue weighted by atomic mass is 9.98. The van der Waals surface area contributed by atoms with E-state index < -0.39 is 23.8 Å². The molecular formula is C22H27I3N2O6. The molecule has 33 heavy (non-hydrogen) atoms. The van der Waals surface area contributed by atoms with Gasteiger partial charge in [-0.15, -0.1) is 0 Å². The van der Waals surface area contributed by atoms with Crippen molar-refractivity contribution in [2.45, 2.75) is 60.8 Å². The molecule has 2 aliphatic heterocycles. The highest BCUT2D eigenvalue weighted by molar-refractivity contribution is 14.1. The predicted octanol–water partition coefficient (Wildman–Crippen LogP) is 4.69. The summed E-state index contributed by atoms with van der Waals surface area (Å²) in [6, 6.07) is 7.84. The van der Waals surface area contributed by atoms with Gasteiger partial charge in [0.1, 0.15) is 37.3 Å². The van der Waals surface area contributed by atoms with Crippen molar-refractivity contribution in [3.05, 3.63) is 43.1 Å². The number of benzene rings is 1. The van der Waals surface area contributed by atoms with Crippen LogP contribution in [0.25, 0.3) is 0 Å². The van der Waals surface area contributed by atoms with E-state index >= 15 is 0 Å². The molecule has 0 radical (unpaired) electrons. The van der Waals surface area contributed by atoms with Crippen LogP contribution in [0.15, 0.2) is 24.3 Å². The van der Waals surface area contributed by atoms with Gasteiger partial charge < -0.3 is 33.0 Å². The van der Waals surface area contributed by atoms with E-state index in [1.807, 2.05) is 38.1 Å². The smallest absolute Gasteiger partial charge is 0.220 e. The van der Waals surface area contributed by atoms with Gasteiger partial charge >= 0.3 is 0 Å². The topological polar surface area (TPSA) is 73.2 Å². The number of imidazole rings is 1. The van der Waals surface area contributed by atoms with Gasteiger partial charge in [-0.2, -0.15) is 0 Å². The Hall–Kier alpha value is 0.220. The van der Waals surface area contributed by atoms with E-state index in [4.69, 9.17) is 33.4 Å². The summed E-state index contributed by atoms with van der Waals surface area (Å²) in [6.07, 6.45) is -1.21. The Balaban J connectivity index is 1.72. The van der Waals surface area contributed by atoms with E-state index in [9.17, 15) is 0 Å². The normalized spacial score (nSPS) is 33.8. The van der Waals surface area contributed by atoms with E-state index in [2.05, 4.69) is 72.3 Å². The van der Waals surface area contributed by atoms with Crippen LogP contribution in [0.3, 0.4) is 0 Å². The molecule has 0 amide bonds. The van der Waals surface area contributed by atoms with Gasteiger partial charge in [-0.3, -0.25) is 0 Å². The van der Waals surface area contributed by atoms with E-state index in [1.54, 1.807) is 21.3 Å². The fourth-order valence-corrected chi connectivity index (χ4v) is 6.21. The summed E-state index contributed by atoms with van der Waals surface area (Å²) in [7, 11) is 4.86. The van der Waals surface area contributed by atoms with Crippen LogP contribution in [-0.2, 0) is 36.8 Å². The van der Waals surface area contributed by atoms with Gasteiger partial charge in [-0.05, 0) is 76.7 Å². The lowest BCUT2D eigenvalue weighted by Gasteiger charge is -2.53. The van der Waals surface area contributed by atoms with Gasteiger partial charge in [0, 0.05) is 20.8 Å². The molecule has 1 aromatic heterocycles. The fraction of sp³-hybridized carbons (Fsp3) is 0.591. The minimum Gasteiger partial charge on any atom is -0.497 e. The number of rotatable bonds is 6. The number of methoxy groups -OCH3 is 3. The number of alkyl halides is 1. The molecule has 0 aliphatic carbocycles. The SMILES string of the molecule is COc1ccc(CO[C@@H]2c3nc(I)c(I)n3C[C@H](I)[C@H]3O[C@](C)(OC)[C@@](C)(OC)O[C@@H]32)cc1. The van der Waals surface area contributed by atoms with Crippen LogP contribution in [0.5, 0.6) is 5.75 Å². The first-order valence-corrected chi connectivity index (χ1v) is 13.8. The molecule has 1 saturated heterocycles. The van der Waals surface area contributed by atoms with Crippen LogP contribution in [0.1, 0.15) is 31.3 Å². The Labute approximate surface area is 234 Å². The number of fused-ring (bicyclic) bond motifs is 2. The molecule has 1 fully saturated rings. The largest absolute Gasteiger partial charge is 0.497 e. The first kappa shape index (κ1) is 26.3. The molecule has 11 heteroatoms. The highest BCUT2D eigenvalue weighted by Crippen LogP contribution is 2.47. The van der Waals surface area contributed by atoms with Crippen LogP contribution in [-0.4, -0.2) is 58.6 Å². The Bertz CT molecular complexity index is 989. The number of nitrogens with zero attached hydrogens (tertiary/aromatic N) is 2. The second-order valence-electron chi connectivity index (χ2n) is 8.22. The quantitative estimate of drug-likeness (QED) is 0.311. The summed E-state index contributed by atoms with van der Waals surface area (Å²) in [5.74, 6) is -0.585. The molecule has 0 bridgehead atoms. The van der Waals surface area contributed by atoms with Crippen LogP contribution in [0.4, 0.5) is 0 Å². The van der Waals surface area contributed by atoms with Gasteiger partial charge in [0.2, 0.25) is 11.6 Å². The molecule has 8 nitrogen and oxygen atoms in total. The second-order valence-corrected chi connectivity index (χ2v) is 11.9. The van der Waals surface area contributed by atoms with Gasteiger partial charge in [0.25, 0.3) is 0 Å². The number of halogens is 3. The third-order valence-corrected chi connectivity index (χ3v) is 10.4. The molecule has 0 spiro atoms.